The van der Waals surface area contributed by atoms with Gasteiger partial charge in [-0.2, -0.15) is 18.3 Å². The van der Waals surface area contributed by atoms with E-state index >= 15 is 0 Å². The normalized spacial score (nSPS) is 11.7. The Bertz CT molecular complexity index is 936. The first-order valence-corrected chi connectivity index (χ1v) is 8.14. The van der Waals surface area contributed by atoms with E-state index in [9.17, 15) is 18.0 Å². The van der Waals surface area contributed by atoms with Gasteiger partial charge in [0.2, 0.25) is 0 Å². The maximum absolute atomic E-state index is 12.5. The summed E-state index contributed by atoms with van der Waals surface area (Å²) < 4.78 is 42.4. The molecule has 1 aromatic carbocycles. The van der Waals surface area contributed by atoms with Crippen molar-refractivity contribution in [2.24, 2.45) is 0 Å². The predicted molar refractivity (Wildman–Crippen MR) is 91.0 cm³/mol. The van der Waals surface area contributed by atoms with E-state index in [1.807, 2.05) is 0 Å². The van der Waals surface area contributed by atoms with E-state index in [4.69, 9.17) is 0 Å². The zero-order chi connectivity index (χ0) is 19.4. The van der Waals surface area contributed by atoms with Gasteiger partial charge < -0.3 is 10.1 Å². The van der Waals surface area contributed by atoms with Gasteiger partial charge in [-0.05, 0) is 24.1 Å². The fraction of sp³-hybridized carbons (Fsp3) is 0.278. The Balaban J connectivity index is 1.58. The molecule has 27 heavy (non-hydrogen) atoms. The molecule has 0 unspecified atom stereocenters. The van der Waals surface area contributed by atoms with Crippen LogP contribution in [0.25, 0.3) is 5.65 Å². The SMILES string of the molecule is Cc1nn2cccnc2c1C(=O)NCc1ccc(COCC(F)(F)F)cc1. The summed E-state index contributed by atoms with van der Waals surface area (Å²) in [6.45, 7) is 0.600. The summed E-state index contributed by atoms with van der Waals surface area (Å²) in [6.07, 6.45) is -1.03. The largest absolute Gasteiger partial charge is 0.411 e. The molecule has 2 heterocycles. The Labute approximate surface area is 153 Å². The van der Waals surface area contributed by atoms with Gasteiger partial charge >= 0.3 is 6.18 Å². The number of hydrogen-bond acceptors (Lipinski definition) is 4. The second-order valence-electron chi connectivity index (χ2n) is 5.96. The molecule has 0 bridgehead atoms. The first-order valence-electron chi connectivity index (χ1n) is 8.14. The second-order valence-corrected chi connectivity index (χ2v) is 5.96. The van der Waals surface area contributed by atoms with Crippen LogP contribution in [0.1, 0.15) is 27.2 Å². The van der Waals surface area contributed by atoms with Gasteiger partial charge in [-0.1, -0.05) is 24.3 Å². The summed E-state index contributed by atoms with van der Waals surface area (Å²) in [5, 5.41) is 7.05. The van der Waals surface area contributed by atoms with Crippen molar-refractivity contribution in [3.63, 3.8) is 0 Å². The molecule has 0 aliphatic rings. The van der Waals surface area contributed by atoms with E-state index in [0.29, 0.717) is 22.5 Å². The van der Waals surface area contributed by atoms with Crippen molar-refractivity contribution in [1.29, 1.82) is 0 Å². The summed E-state index contributed by atoms with van der Waals surface area (Å²) in [7, 11) is 0. The molecule has 142 valence electrons. The summed E-state index contributed by atoms with van der Waals surface area (Å²) in [5.74, 6) is -0.293. The molecular weight excluding hydrogens is 361 g/mol. The highest BCUT2D eigenvalue weighted by molar-refractivity contribution is 6.00. The third-order valence-electron chi connectivity index (χ3n) is 3.81. The number of aromatic nitrogens is 3. The minimum absolute atomic E-state index is 0.126. The van der Waals surface area contributed by atoms with Crippen molar-refractivity contribution < 1.29 is 22.7 Å². The number of hydrogen-bond donors (Lipinski definition) is 1. The van der Waals surface area contributed by atoms with Crippen LogP contribution in [0.2, 0.25) is 0 Å². The van der Waals surface area contributed by atoms with Crippen LogP contribution < -0.4 is 5.32 Å². The Morgan fingerprint density at radius 2 is 1.93 bits per heavy atom. The summed E-state index contributed by atoms with van der Waals surface area (Å²) in [6, 6.07) is 8.52. The number of nitrogens with one attached hydrogen (secondary N) is 1. The number of aryl methyl sites for hydroxylation is 1. The number of alkyl halides is 3. The van der Waals surface area contributed by atoms with E-state index in [0.717, 1.165) is 5.56 Å². The van der Waals surface area contributed by atoms with Crippen LogP contribution in [0.5, 0.6) is 0 Å². The van der Waals surface area contributed by atoms with Crippen LogP contribution in [-0.4, -0.2) is 33.3 Å². The third-order valence-corrected chi connectivity index (χ3v) is 3.81. The summed E-state index contributed by atoms with van der Waals surface area (Å²) in [5.41, 5.74) is 2.89. The Morgan fingerprint density at radius 1 is 1.22 bits per heavy atom. The van der Waals surface area contributed by atoms with Gasteiger partial charge in [0.1, 0.15) is 12.2 Å². The van der Waals surface area contributed by atoms with E-state index in [-0.39, 0.29) is 19.1 Å². The second kappa shape index (κ2) is 7.75. The van der Waals surface area contributed by atoms with Crippen LogP contribution in [0.15, 0.2) is 42.7 Å². The van der Waals surface area contributed by atoms with E-state index in [1.165, 1.54) is 0 Å². The summed E-state index contributed by atoms with van der Waals surface area (Å²) >= 11 is 0. The van der Waals surface area contributed by atoms with Crippen molar-refractivity contribution in [2.75, 3.05) is 6.61 Å². The molecule has 1 amide bonds. The molecule has 2 aromatic heterocycles. The van der Waals surface area contributed by atoms with E-state index in [2.05, 4.69) is 20.1 Å². The van der Waals surface area contributed by atoms with Gasteiger partial charge in [-0.15, -0.1) is 0 Å². The van der Waals surface area contributed by atoms with Crippen molar-refractivity contribution in [3.05, 3.63) is 65.1 Å². The predicted octanol–water partition coefficient (Wildman–Crippen LogP) is 3.05. The van der Waals surface area contributed by atoms with Crippen molar-refractivity contribution in [1.82, 2.24) is 19.9 Å². The zero-order valence-electron chi connectivity index (χ0n) is 14.5. The first-order chi connectivity index (χ1) is 12.8. The van der Waals surface area contributed by atoms with Crippen molar-refractivity contribution in [2.45, 2.75) is 26.3 Å². The molecule has 0 spiro atoms. The van der Waals surface area contributed by atoms with Crippen molar-refractivity contribution in [3.8, 4) is 0 Å². The summed E-state index contributed by atoms with van der Waals surface area (Å²) in [4.78, 5) is 16.7. The average Bonchev–Trinajstić information content (AvgIpc) is 2.95. The molecule has 0 saturated heterocycles. The van der Waals surface area contributed by atoms with Gasteiger partial charge in [0.05, 0.1) is 12.3 Å². The fourth-order valence-corrected chi connectivity index (χ4v) is 2.57. The number of fused-ring (bicyclic) bond motifs is 1. The first kappa shape index (κ1) is 18.8. The van der Waals surface area contributed by atoms with Gasteiger partial charge in [0.15, 0.2) is 5.65 Å². The molecule has 0 atom stereocenters. The minimum atomic E-state index is -4.34. The molecule has 1 N–H and O–H groups in total. The number of carbonyl (C=O) groups excluding carboxylic acids is 1. The Hall–Kier alpha value is -2.94. The lowest BCUT2D eigenvalue weighted by Crippen LogP contribution is -2.23. The number of halogens is 3. The molecule has 3 rings (SSSR count). The number of amides is 1. The number of carbonyl (C=O) groups is 1. The van der Waals surface area contributed by atoms with Gasteiger partial charge in [0, 0.05) is 18.9 Å². The molecule has 3 aromatic rings. The minimum Gasteiger partial charge on any atom is -0.367 e. The maximum atomic E-state index is 12.5. The molecule has 0 aliphatic carbocycles. The lowest BCUT2D eigenvalue weighted by atomic mass is 10.1. The molecule has 0 fully saturated rings. The molecule has 0 aliphatic heterocycles. The van der Waals surface area contributed by atoms with Crippen LogP contribution >= 0.6 is 0 Å². The number of ether oxygens (including phenoxy) is 1. The molecule has 0 radical (unpaired) electrons. The van der Waals surface area contributed by atoms with Gasteiger partial charge in [0.25, 0.3) is 5.91 Å². The number of nitrogens with zero attached hydrogens (tertiary/aromatic N) is 3. The van der Waals surface area contributed by atoms with Gasteiger partial charge in [-0.25, -0.2) is 9.50 Å². The van der Waals surface area contributed by atoms with Crippen LogP contribution in [0, 0.1) is 6.92 Å². The lowest BCUT2D eigenvalue weighted by molar-refractivity contribution is -0.176. The quantitative estimate of drug-likeness (QED) is 0.716. The smallest absolute Gasteiger partial charge is 0.367 e. The average molecular weight is 378 g/mol. The van der Waals surface area contributed by atoms with Crippen LogP contribution in [0.4, 0.5) is 13.2 Å². The molecule has 6 nitrogen and oxygen atoms in total. The Kier molecular flexibility index (Phi) is 5.41. The maximum Gasteiger partial charge on any atom is 0.411 e. The third kappa shape index (κ3) is 4.82. The standard InChI is InChI=1S/C18H17F3N4O2/c1-12-15(16-22-7-2-8-25(16)24-12)17(26)23-9-13-3-5-14(6-4-13)10-27-11-18(19,20)21/h2-8H,9-11H2,1H3,(H,23,26). The molecule has 0 saturated carbocycles. The Morgan fingerprint density at radius 3 is 2.63 bits per heavy atom. The van der Waals surface area contributed by atoms with Crippen LogP contribution in [-0.2, 0) is 17.9 Å². The number of rotatable bonds is 6. The fourth-order valence-electron chi connectivity index (χ4n) is 2.57. The zero-order valence-corrected chi connectivity index (χ0v) is 14.5. The van der Waals surface area contributed by atoms with Crippen molar-refractivity contribution >= 4 is 11.6 Å². The van der Waals surface area contributed by atoms with Crippen LogP contribution in [0.3, 0.4) is 0 Å². The highest BCUT2D eigenvalue weighted by atomic mass is 19.4. The number of benzene rings is 1. The van der Waals surface area contributed by atoms with E-state index < -0.39 is 12.8 Å². The highest BCUT2D eigenvalue weighted by Gasteiger charge is 2.27. The van der Waals surface area contributed by atoms with Gasteiger partial charge in [-0.3, -0.25) is 4.79 Å². The van der Waals surface area contributed by atoms with E-state index in [1.54, 1.807) is 54.2 Å². The monoisotopic (exact) mass is 378 g/mol. The topological polar surface area (TPSA) is 68.5 Å². The lowest BCUT2D eigenvalue weighted by Gasteiger charge is -2.09. The highest BCUT2D eigenvalue weighted by Crippen LogP contribution is 2.16. The molecule has 9 heteroatoms. The molecular formula is C18H17F3N4O2.